The average Bonchev–Trinajstić information content (AvgIpc) is 2.81. The zero-order valence-electron chi connectivity index (χ0n) is 12.6. The Kier molecular flexibility index (Phi) is 7.87. The first kappa shape index (κ1) is 16.9. The van der Waals surface area contributed by atoms with Gasteiger partial charge in [0.15, 0.2) is 12.1 Å². The number of methoxy groups -OCH3 is 1. The van der Waals surface area contributed by atoms with Crippen LogP contribution in [0.25, 0.3) is 0 Å². The first-order valence-corrected chi connectivity index (χ1v) is 7.06. The summed E-state index contributed by atoms with van der Waals surface area (Å²) in [6.45, 7) is 8.45. The summed E-state index contributed by atoms with van der Waals surface area (Å²) >= 11 is 0. The molecule has 0 radical (unpaired) electrons. The van der Waals surface area contributed by atoms with Crippen molar-refractivity contribution in [3.05, 3.63) is 0 Å². The van der Waals surface area contributed by atoms with Gasteiger partial charge in [-0.25, -0.2) is 0 Å². The van der Waals surface area contributed by atoms with Crippen LogP contribution in [0, 0.1) is 5.92 Å². The van der Waals surface area contributed by atoms with Crippen LogP contribution in [0.15, 0.2) is 0 Å². The fourth-order valence-corrected chi connectivity index (χ4v) is 2.02. The minimum atomic E-state index is -0.364. The Hall–Kier alpha value is -0.200. The van der Waals surface area contributed by atoms with Gasteiger partial charge >= 0.3 is 0 Å². The molecule has 0 N–H and O–H groups in total. The van der Waals surface area contributed by atoms with E-state index in [1.807, 2.05) is 13.8 Å². The highest BCUT2D eigenvalue weighted by Gasteiger charge is 2.30. The van der Waals surface area contributed by atoms with Gasteiger partial charge in [-0.2, -0.15) is 0 Å². The van der Waals surface area contributed by atoms with E-state index in [0.29, 0.717) is 25.7 Å². The van der Waals surface area contributed by atoms with E-state index in [2.05, 4.69) is 6.92 Å². The molecular formula is C14H28O5. The molecule has 1 aliphatic heterocycles. The van der Waals surface area contributed by atoms with E-state index in [-0.39, 0.29) is 18.9 Å². The molecule has 1 saturated heterocycles. The maximum absolute atomic E-state index is 5.57. The molecule has 0 aliphatic carbocycles. The fourth-order valence-electron chi connectivity index (χ4n) is 2.02. The Balaban J connectivity index is 1.97. The van der Waals surface area contributed by atoms with E-state index < -0.39 is 0 Å². The molecule has 1 aliphatic rings. The van der Waals surface area contributed by atoms with Gasteiger partial charge in [-0.05, 0) is 32.6 Å². The number of rotatable bonds is 10. The molecule has 19 heavy (non-hydrogen) atoms. The third kappa shape index (κ3) is 7.22. The Morgan fingerprint density at radius 3 is 2.53 bits per heavy atom. The van der Waals surface area contributed by atoms with Gasteiger partial charge in [-0.1, -0.05) is 6.92 Å². The van der Waals surface area contributed by atoms with Crippen LogP contribution in [-0.2, 0) is 23.7 Å². The lowest BCUT2D eigenvalue weighted by Gasteiger charge is -2.22. The van der Waals surface area contributed by atoms with Crippen molar-refractivity contribution < 1.29 is 23.7 Å². The summed E-state index contributed by atoms with van der Waals surface area (Å²) in [7, 11) is 1.61. The molecule has 0 saturated carbocycles. The van der Waals surface area contributed by atoms with Crippen LogP contribution in [0.3, 0.4) is 0 Å². The normalized spacial score (nSPS) is 21.5. The highest BCUT2D eigenvalue weighted by Crippen LogP contribution is 2.25. The highest BCUT2D eigenvalue weighted by atomic mass is 16.7. The molecule has 5 heteroatoms. The molecule has 0 amide bonds. The van der Waals surface area contributed by atoms with Gasteiger partial charge in [0, 0.05) is 13.5 Å². The van der Waals surface area contributed by atoms with E-state index in [1.54, 1.807) is 7.11 Å². The minimum absolute atomic E-state index is 0.216. The lowest BCUT2D eigenvalue weighted by atomic mass is 10.0. The van der Waals surface area contributed by atoms with E-state index in [9.17, 15) is 0 Å². The molecular weight excluding hydrogens is 248 g/mol. The zero-order valence-corrected chi connectivity index (χ0v) is 12.6. The largest absolute Gasteiger partial charge is 0.356 e. The van der Waals surface area contributed by atoms with E-state index in [1.165, 1.54) is 0 Å². The molecule has 114 valence electrons. The molecule has 1 heterocycles. The summed E-state index contributed by atoms with van der Waals surface area (Å²) in [6.07, 6.45) is 2.90. The molecule has 5 nitrogen and oxygen atoms in total. The minimum Gasteiger partial charge on any atom is -0.356 e. The molecule has 2 unspecified atom stereocenters. The third-order valence-electron chi connectivity index (χ3n) is 3.35. The van der Waals surface area contributed by atoms with Crippen LogP contribution in [0.4, 0.5) is 0 Å². The smallest absolute Gasteiger partial charge is 0.165 e. The van der Waals surface area contributed by atoms with Crippen molar-refractivity contribution in [2.75, 3.05) is 33.7 Å². The quantitative estimate of drug-likeness (QED) is 0.453. The topological polar surface area (TPSA) is 46.2 Å². The van der Waals surface area contributed by atoms with Crippen molar-refractivity contribution in [1.82, 2.24) is 0 Å². The monoisotopic (exact) mass is 276 g/mol. The number of hydrogen-bond acceptors (Lipinski definition) is 5. The van der Waals surface area contributed by atoms with Crippen LogP contribution in [0.2, 0.25) is 0 Å². The second kappa shape index (κ2) is 8.87. The van der Waals surface area contributed by atoms with Crippen LogP contribution in [-0.4, -0.2) is 45.8 Å². The summed E-state index contributed by atoms with van der Waals surface area (Å²) in [5.74, 6) is 0.142. The van der Waals surface area contributed by atoms with Crippen LogP contribution in [0.5, 0.6) is 0 Å². The lowest BCUT2D eigenvalue weighted by Crippen LogP contribution is -2.25. The highest BCUT2D eigenvalue weighted by molar-refractivity contribution is 4.68. The van der Waals surface area contributed by atoms with Crippen LogP contribution in [0.1, 0.15) is 40.0 Å². The summed E-state index contributed by atoms with van der Waals surface area (Å²) in [6, 6.07) is 0. The van der Waals surface area contributed by atoms with Crippen molar-refractivity contribution in [2.45, 2.75) is 52.1 Å². The van der Waals surface area contributed by atoms with Gasteiger partial charge < -0.3 is 23.7 Å². The molecule has 1 fully saturated rings. The van der Waals surface area contributed by atoms with Crippen LogP contribution >= 0.6 is 0 Å². The average molecular weight is 276 g/mol. The molecule has 0 aromatic carbocycles. The number of hydrogen-bond donors (Lipinski definition) is 0. The fraction of sp³-hybridized carbons (Fsp3) is 1.00. The number of ether oxygens (including phenoxy) is 5. The lowest BCUT2D eigenvalue weighted by molar-refractivity contribution is -0.177. The Labute approximate surface area is 116 Å². The molecule has 0 aromatic heterocycles. The van der Waals surface area contributed by atoms with E-state index >= 15 is 0 Å². The van der Waals surface area contributed by atoms with Crippen LogP contribution < -0.4 is 0 Å². The van der Waals surface area contributed by atoms with Gasteiger partial charge in [-0.15, -0.1) is 0 Å². The van der Waals surface area contributed by atoms with Crippen molar-refractivity contribution in [3.63, 3.8) is 0 Å². The molecule has 1 rings (SSSR count). The summed E-state index contributed by atoms with van der Waals surface area (Å²) < 4.78 is 26.8. The molecule has 0 aromatic rings. The van der Waals surface area contributed by atoms with Crippen molar-refractivity contribution >= 4 is 0 Å². The molecule has 0 spiro atoms. The summed E-state index contributed by atoms with van der Waals surface area (Å²) in [5.41, 5.74) is 0. The summed E-state index contributed by atoms with van der Waals surface area (Å²) in [4.78, 5) is 0. The zero-order chi connectivity index (χ0) is 14.1. The van der Waals surface area contributed by atoms with Gasteiger partial charge in [0.1, 0.15) is 6.79 Å². The standard InChI is InChI=1S/C14H28O5/c1-12(10-16-11-17-13(2)15-4)6-5-7-14(3)18-8-9-19-14/h12-13H,5-11H2,1-4H3. The van der Waals surface area contributed by atoms with Gasteiger partial charge in [-0.3, -0.25) is 0 Å². The van der Waals surface area contributed by atoms with Crippen molar-refractivity contribution in [2.24, 2.45) is 5.92 Å². The van der Waals surface area contributed by atoms with E-state index in [0.717, 1.165) is 19.3 Å². The van der Waals surface area contributed by atoms with Crippen molar-refractivity contribution in [3.8, 4) is 0 Å². The first-order valence-electron chi connectivity index (χ1n) is 7.06. The molecule has 2 atom stereocenters. The summed E-state index contributed by atoms with van der Waals surface area (Å²) in [5, 5.41) is 0. The van der Waals surface area contributed by atoms with Crippen molar-refractivity contribution in [1.29, 1.82) is 0 Å². The predicted octanol–water partition coefficient (Wildman–Crippen LogP) is 2.54. The van der Waals surface area contributed by atoms with E-state index in [4.69, 9.17) is 23.7 Å². The third-order valence-corrected chi connectivity index (χ3v) is 3.35. The molecule has 0 bridgehead atoms. The first-order chi connectivity index (χ1) is 9.06. The van der Waals surface area contributed by atoms with Gasteiger partial charge in [0.2, 0.25) is 0 Å². The SMILES string of the molecule is COC(C)OCOCC(C)CCCC1(C)OCCO1. The second-order valence-corrected chi connectivity index (χ2v) is 5.29. The predicted molar refractivity (Wildman–Crippen MR) is 71.7 cm³/mol. The van der Waals surface area contributed by atoms with Gasteiger partial charge in [0.25, 0.3) is 0 Å². The Morgan fingerprint density at radius 1 is 1.21 bits per heavy atom. The maximum Gasteiger partial charge on any atom is 0.165 e. The maximum atomic E-state index is 5.57. The Bertz CT molecular complexity index is 228. The van der Waals surface area contributed by atoms with Gasteiger partial charge in [0.05, 0.1) is 19.8 Å². The Morgan fingerprint density at radius 2 is 1.89 bits per heavy atom. The second-order valence-electron chi connectivity index (χ2n) is 5.29.